The summed E-state index contributed by atoms with van der Waals surface area (Å²) >= 11 is 11.9. The fourth-order valence-electron chi connectivity index (χ4n) is 1.91. The highest BCUT2D eigenvalue weighted by Gasteiger charge is 2.16. The van der Waals surface area contributed by atoms with Crippen LogP contribution >= 0.6 is 23.2 Å². The standard InChI is InChI=1S/C17H17Cl2NO2/c1-10-4-5-13(18)9-16(10)20-17(21)12(3)22-14-6-7-15(19)11(2)8-14/h4-9,12H,1-3H3,(H,20,21)/t12-/m1/s1. The van der Waals surface area contributed by atoms with Crippen molar-refractivity contribution in [2.45, 2.75) is 26.9 Å². The molecule has 0 saturated heterocycles. The van der Waals surface area contributed by atoms with E-state index in [9.17, 15) is 4.79 Å². The minimum Gasteiger partial charge on any atom is -0.481 e. The second-order valence-electron chi connectivity index (χ2n) is 5.12. The van der Waals surface area contributed by atoms with Gasteiger partial charge in [0.15, 0.2) is 6.10 Å². The molecular formula is C17H17Cl2NO2. The molecule has 22 heavy (non-hydrogen) atoms. The SMILES string of the molecule is Cc1cc(O[C@H](C)C(=O)Nc2cc(Cl)ccc2C)ccc1Cl. The lowest BCUT2D eigenvalue weighted by atomic mass is 10.2. The Hall–Kier alpha value is -1.71. The van der Waals surface area contributed by atoms with Crippen LogP contribution in [-0.4, -0.2) is 12.0 Å². The van der Waals surface area contributed by atoms with Gasteiger partial charge >= 0.3 is 0 Å². The number of nitrogens with one attached hydrogen (secondary N) is 1. The minimum atomic E-state index is -0.640. The van der Waals surface area contributed by atoms with Crippen LogP contribution in [-0.2, 0) is 4.79 Å². The first-order valence-electron chi connectivity index (χ1n) is 6.86. The molecule has 1 amide bonds. The van der Waals surface area contributed by atoms with Crippen molar-refractivity contribution in [2.24, 2.45) is 0 Å². The maximum absolute atomic E-state index is 12.2. The van der Waals surface area contributed by atoms with E-state index in [0.717, 1.165) is 11.1 Å². The molecule has 0 bridgehead atoms. The molecule has 2 aromatic carbocycles. The third kappa shape index (κ3) is 4.15. The lowest BCUT2D eigenvalue weighted by Gasteiger charge is -2.16. The van der Waals surface area contributed by atoms with Gasteiger partial charge in [0.2, 0.25) is 0 Å². The monoisotopic (exact) mass is 337 g/mol. The molecule has 0 spiro atoms. The smallest absolute Gasteiger partial charge is 0.265 e. The zero-order valence-corrected chi connectivity index (χ0v) is 14.1. The number of carbonyl (C=O) groups is 1. The van der Waals surface area contributed by atoms with E-state index in [-0.39, 0.29) is 5.91 Å². The predicted octanol–water partition coefficient (Wildman–Crippen LogP) is 5.02. The highest BCUT2D eigenvalue weighted by molar-refractivity contribution is 6.31. The van der Waals surface area contributed by atoms with Gasteiger partial charge in [0.1, 0.15) is 5.75 Å². The Morgan fingerprint density at radius 1 is 1.09 bits per heavy atom. The van der Waals surface area contributed by atoms with Crippen LogP contribution in [0.2, 0.25) is 10.0 Å². The number of aryl methyl sites for hydroxylation is 2. The number of benzene rings is 2. The lowest BCUT2D eigenvalue weighted by molar-refractivity contribution is -0.122. The van der Waals surface area contributed by atoms with E-state index in [0.29, 0.717) is 21.5 Å². The van der Waals surface area contributed by atoms with Crippen molar-refractivity contribution in [3.05, 3.63) is 57.6 Å². The van der Waals surface area contributed by atoms with E-state index in [1.54, 1.807) is 37.3 Å². The Labute approximate surface area is 140 Å². The van der Waals surface area contributed by atoms with Gasteiger partial charge in [0.05, 0.1) is 0 Å². The van der Waals surface area contributed by atoms with Crippen LogP contribution in [0.15, 0.2) is 36.4 Å². The highest BCUT2D eigenvalue weighted by atomic mass is 35.5. The second-order valence-corrected chi connectivity index (χ2v) is 5.96. The number of amides is 1. The highest BCUT2D eigenvalue weighted by Crippen LogP contribution is 2.23. The molecule has 116 valence electrons. The molecule has 5 heteroatoms. The van der Waals surface area contributed by atoms with E-state index in [1.165, 1.54) is 0 Å². The zero-order chi connectivity index (χ0) is 16.3. The number of rotatable bonds is 4. The summed E-state index contributed by atoms with van der Waals surface area (Å²) in [5, 5.41) is 4.06. The quantitative estimate of drug-likeness (QED) is 0.850. The van der Waals surface area contributed by atoms with Crippen molar-refractivity contribution >= 4 is 34.8 Å². The van der Waals surface area contributed by atoms with Gasteiger partial charge in [0.25, 0.3) is 5.91 Å². The van der Waals surface area contributed by atoms with Crippen LogP contribution in [0, 0.1) is 13.8 Å². The van der Waals surface area contributed by atoms with Crippen LogP contribution in [0.4, 0.5) is 5.69 Å². The third-order valence-corrected chi connectivity index (χ3v) is 3.93. The van der Waals surface area contributed by atoms with Crippen molar-refractivity contribution in [3.8, 4) is 5.75 Å². The van der Waals surface area contributed by atoms with Crippen molar-refractivity contribution in [1.82, 2.24) is 0 Å². The third-order valence-electron chi connectivity index (χ3n) is 3.27. The van der Waals surface area contributed by atoms with Crippen LogP contribution in [0.1, 0.15) is 18.1 Å². The molecule has 1 atom stereocenters. The molecule has 0 radical (unpaired) electrons. The van der Waals surface area contributed by atoms with Gasteiger partial charge in [-0.25, -0.2) is 0 Å². The maximum atomic E-state index is 12.2. The van der Waals surface area contributed by atoms with E-state index in [4.69, 9.17) is 27.9 Å². The molecule has 3 nitrogen and oxygen atoms in total. The average Bonchev–Trinajstić information content (AvgIpc) is 2.46. The largest absolute Gasteiger partial charge is 0.481 e. The van der Waals surface area contributed by atoms with E-state index < -0.39 is 6.10 Å². The van der Waals surface area contributed by atoms with Crippen LogP contribution in [0.25, 0.3) is 0 Å². The normalized spacial score (nSPS) is 11.9. The summed E-state index contributed by atoms with van der Waals surface area (Å²) in [6, 6.07) is 10.6. The molecule has 0 saturated carbocycles. The molecule has 2 aromatic rings. The van der Waals surface area contributed by atoms with Crippen LogP contribution in [0.3, 0.4) is 0 Å². The number of hydrogen-bond acceptors (Lipinski definition) is 2. The molecule has 0 unspecified atom stereocenters. The zero-order valence-electron chi connectivity index (χ0n) is 12.6. The Kier molecular flexibility index (Phi) is 5.33. The van der Waals surface area contributed by atoms with Gasteiger partial charge in [-0.05, 0) is 62.2 Å². The summed E-state index contributed by atoms with van der Waals surface area (Å²) in [6.45, 7) is 5.48. The minimum absolute atomic E-state index is 0.238. The second kappa shape index (κ2) is 7.03. The summed E-state index contributed by atoms with van der Waals surface area (Å²) in [5.41, 5.74) is 2.52. The van der Waals surface area contributed by atoms with Gasteiger partial charge in [-0.2, -0.15) is 0 Å². The van der Waals surface area contributed by atoms with Crippen molar-refractivity contribution in [3.63, 3.8) is 0 Å². The van der Waals surface area contributed by atoms with Gasteiger partial charge in [-0.3, -0.25) is 4.79 Å². The lowest BCUT2D eigenvalue weighted by Crippen LogP contribution is -2.30. The number of ether oxygens (including phenoxy) is 1. The Morgan fingerprint density at radius 2 is 1.82 bits per heavy atom. The summed E-state index contributed by atoms with van der Waals surface area (Å²) in [6.07, 6.45) is -0.640. The molecule has 2 rings (SSSR count). The van der Waals surface area contributed by atoms with Crippen molar-refractivity contribution < 1.29 is 9.53 Å². The number of anilines is 1. The number of hydrogen-bond donors (Lipinski definition) is 1. The van der Waals surface area contributed by atoms with Gasteiger partial charge in [-0.15, -0.1) is 0 Å². The summed E-state index contributed by atoms with van der Waals surface area (Å²) in [4.78, 5) is 12.2. The first kappa shape index (κ1) is 16.7. The molecule has 0 aromatic heterocycles. The van der Waals surface area contributed by atoms with E-state index >= 15 is 0 Å². The van der Waals surface area contributed by atoms with Crippen LogP contribution in [0.5, 0.6) is 5.75 Å². The molecule has 0 heterocycles. The molecule has 0 aliphatic heterocycles. The van der Waals surface area contributed by atoms with Gasteiger partial charge in [-0.1, -0.05) is 29.3 Å². The molecular weight excluding hydrogens is 321 g/mol. The first-order valence-corrected chi connectivity index (χ1v) is 7.62. The number of carbonyl (C=O) groups excluding carboxylic acids is 1. The van der Waals surface area contributed by atoms with Gasteiger partial charge < -0.3 is 10.1 Å². The summed E-state index contributed by atoms with van der Waals surface area (Å²) in [7, 11) is 0. The fraction of sp³-hybridized carbons (Fsp3) is 0.235. The Balaban J connectivity index is 2.05. The predicted molar refractivity (Wildman–Crippen MR) is 91.1 cm³/mol. The fourth-order valence-corrected chi connectivity index (χ4v) is 2.20. The average molecular weight is 338 g/mol. The first-order chi connectivity index (χ1) is 10.4. The van der Waals surface area contributed by atoms with Gasteiger partial charge in [0, 0.05) is 15.7 Å². The van der Waals surface area contributed by atoms with E-state index in [1.807, 2.05) is 19.9 Å². The molecule has 0 aliphatic rings. The molecule has 0 fully saturated rings. The summed E-state index contributed by atoms with van der Waals surface area (Å²) in [5.74, 6) is 0.366. The topological polar surface area (TPSA) is 38.3 Å². The Morgan fingerprint density at radius 3 is 2.50 bits per heavy atom. The molecule has 1 N–H and O–H groups in total. The summed E-state index contributed by atoms with van der Waals surface area (Å²) < 4.78 is 5.65. The maximum Gasteiger partial charge on any atom is 0.265 e. The molecule has 0 aliphatic carbocycles. The Bertz CT molecular complexity index is 701. The number of halogens is 2. The van der Waals surface area contributed by atoms with Crippen LogP contribution < -0.4 is 10.1 Å². The van der Waals surface area contributed by atoms with Crippen molar-refractivity contribution in [2.75, 3.05) is 5.32 Å². The van der Waals surface area contributed by atoms with Crippen molar-refractivity contribution in [1.29, 1.82) is 0 Å². The van der Waals surface area contributed by atoms with E-state index in [2.05, 4.69) is 5.32 Å².